The summed E-state index contributed by atoms with van der Waals surface area (Å²) in [5.74, 6) is -1.02. The molecule has 0 atom stereocenters. The zero-order valence-corrected chi connectivity index (χ0v) is 8.13. The van der Waals surface area contributed by atoms with Crippen molar-refractivity contribution in [3.8, 4) is 0 Å². The number of esters is 1. The van der Waals surface area contributed by atoms with Gasteiger partial charge in [-0.05, 0) is 6.92 Å². The van der Waals surface area contributed by atoms with E-state index >= 15 is 0 Å². The second kappa shape index (κ2) is 3.92. The maximum atomic E-state index is 12.5. The van der Waals surface area contributed by atoms with Gasteiger partial charge in [0.2, 0.25) is 0 Å². The third-order valence-corrected chi connectivity index (χ3v) is 1.70. The highest BCUT2D eigenvalue weighted by Crippen LogP contribution is 2.31. The Kier molecular flexibility index (Phi) is 3.01. The number of alkyl halides is 3. The molecule has 7 heteroatoms. The Bertz CT molecular complexity index is 370. The third kappa shape index (κ3) is 2.28. The molecular weight excluding hydrogens is 213 g/mol. The quantitative estimate of drug-likeness (QED) is 0.714. The summed E-state index contributed by atoms with van der Waals surface area (Å²) in [5, 5.41) is 3.38. The van der Waals surface area contributed by atoms with E-state index in [0.29, 0.717) is 4.68 Å². The van der Waals surface area contributed by atoms with E-state index < -0.39 is 23.4 Å². The van der Waals surface area contributed by atoms with Gasteiger partial charge in [-0.25, -0.2) is 4.79 Å². The number of aryl methyl sites for hydroxylation is 1. The lowest BCUT2D eigenvalue weighted by molar-refractivity contribution is -0.144. The third-order valence-electron chi connectivity index (χ3n) is 1.70. The second-order valence-electron chi connectivity index (χ2n) is 2.75. The van der Waals surface area contributed by atoms with Crippen molar-refractivity contribution < 1.29 is 22.7 Å². The van der Waals surface area contributed by atoms with Crippen LogP contribution in [0.3, 0.4) is 0 Å². The van der Waals surface area contributed by atoms with Crippen LogP contribution in [0, 0.1) is 0 Å². The van der Waals surface area contributed by atoms with Crippen molar-refractivity contribution in [2.45, 2.75) is 13.1 Å². The van der Waals surface area contributed by atoms with E-state index in [2.05, 4.69) is 9.84 Å². The molecule has 0 bridgehead atoms. The van der Waals surface area contributed by atoms with Crippen LogP contribution in [0.5, 0.6) is 0 Å². The standard InChI is InChI=1S/C8H9F3N2O2/c1-3-15-7(14)5-4-12-13(2)6(5)8(9,10)11/h4H,3H2,1-2H3. The molecule has 0 aliphatic rings. The Morgan fingerprint density at radius 3 is 2.67 bits per heavy atom. The molecule has 0 spiro atoms. The fourth-order valence-corrected chi connectivity index (χ4v) is 1.13. The molecular formula is C8H9F3N2O2. The van der Waals surface area contributed by atoms with Crippen molar-refractivity contribution in [3.05, 3.63) is 17.5 Å². The van der Waals surface area contributed by atoms with Gasteiger partial charge in [0.1, 0.15) is 5.56 Å². The van der Waals surface area contributed by atoms with E-state index in [4.69, 9.17) is 0 Å². The molecule has 0 N–H and O–H groups in total. The molecule has 15 heavy (non-hydrogen) atoms. The van der Waals surface area contributed by atoms with Gasteiger partial charge in [0.15, 0.2) is 5.69 Å². The van der Waals surface area contributed by atoms with Gasteiger partial charge < -0.3 is 4.74 Å². The van der Waals surface area contributed by atoms with Gasteiger partial charge in [-0.1, -0.05) is 0 Å². The lowest BCUT2D eigenvalue weighted by Gasteiger charge is -2.08. The fourth-order valence-electron chi connectivity index (χ4n) is 1.13. The molecule has 84 valence electrons. The molecule has 1 aromatic rings. The average molecular weight is 222 g/mol. The van der Waals surface area contributed by atoms with Crippen LogP contribution < -0.4 is 0 Å². The van der Waals surface area contributed by atoms with Crippen LogP contribution in [0.25, 0.3) is 0 Å². The maximum absolute atomic E-state index is 12.5. The summed E-state index contributed by atoms with van der Waals surface area (Å²) in [6, 6.07) is 0. The van der Waals surface area contributed by atoms with Gasteiger partial charge >= 0.3 is 12.1 Å². The highest BCUT2D eigenvalue weighted by Gasteiger charge is 2.39. The van der Waals surface area contributed by atoms with Gasteiger partial charge in [-0.3, -0.25) is 4.68 Å². The van der Waals surface area contributed by atoms with Crippen LogP contribution >= 0.6 is 0 Å². The SMILES string of the molecule is CCOC(=O)c1cnn(C)c1C(F)(F)F. The summed E-state index contributed by atoms with van der Waals surface area (Å²) in [5.41, 5.74) is -1.66. The summed E-state index contributed by atoms with van der Waals surface area (Å²) >= 11 is 0. The topological polar surface area (TPSA) is 44.1 Å². The van der Waals surface area contributed by atoms with Crippen LogP contribution in [0.2, 0.25) is 0 Å². The zero-order chi connectivity index (χ0) is 11.6. The van der Waals surface area contributed by atoms with E-state index in [9.17, 15) is 18.0 Å². The van der Waals surface area contributed by atoms with Crippen LogP contribution in [-0.2, 0) is 18.0 Å². The van der Waals surface area contributed by atoms with E-state index in [1.807, 2.05) is 0 Å². The Labute approximate surface area is 83.6 Å². The number of nitrogens with zero attached hydrogens (tertiary/aromatic N) is 2. The molecule has 1 aromatic heterocycles. The Morgan fingerprint density at radius 1 is 1.60 bits per heavy atom. The minimum atomic E-state index is -4.62. The van der Waals surface area contributed by atoms with Crippen molar-refractivity contribution in [1.29, 1.82) is 0 Å². The highest BCUT2D eigenvalue weighted by atomic mass is 19.4. The summed E-state index contributed by atoms with van der Waals surface area (Å²) in [7, 11) is 1.12. The number of hydrogen-bond acceptors (Lipinski definition) is 3. The van der Waals surface area contributed by atoms with Crippen molar-refractivity contribution >= 4 is 5.97 Å². The first kappa shape index (κ1) is 11.5. The van der Waals surface area contributed by atoms with E-state index in [1.165, 1.54) is 6.92 Å². The molecule has 1 heterocycles. The molecule has 1 rings (SSSR count). The normalized spacial score (nSPS) is 11.5. The van der Waals surface area contributed by atoms with Crippen molar-refractivity contribution in [2.75, 3.05) is 6.61 Å². The average Bonchev–Trinajstić information content (AvgIpc) is 2.46. The number of ether oxygens (including phenoxy) is 1. The number of halogens is 3. The fraction of sp³-hybridized carbons (Fsp3) is 0.500. The van der Waals surface area contributed by atoms with Crippen LogP contribution in [0.15, 0.2) is 6.20 Å². The molecule has 0 amide bonds. The molecule has 0 aliphatic carbocycles. The molecule has 4 nitrogen and oxygen atoms in total. The van der Waals surface area contributed by atoms with E-state index in [0.717, 1.165) is 13.2 Å². The Hall–Kier alpha value is -1.53. The number of carbonyl (C=O) groups is 1. The lowest BCUT2D eigenvalue weighted by Crippen LogP contribution is -2.17. The number of aromatic nitrogens is 2. The first-order valence-electron chi connectivity index (χ1n) is 4.14. The number of carbonyl (C=O) groups excluding carboxylic acids is 1. The first-order chi connectivity index (χ1) is 6.88. The van der Waals surface area contributed by atoms with E-state index in [1.54, 1.807) is 0 Å². The highest BCUT2D eigenvalue weighted by molar-refractivity contribution is 5.90. The summed E-state index contributed by atoms with van der Waals surface area (Å²) in [6.07, 6.45) is -3.77. The smallest absolute Gasteiger partial charge is 0.433 e. The van der Waals surface area contributed by atoms with Crippen molar-refractivity contribution in [3.63, 3.8) is 0 Å². The minimum absolute atomic E-state index is 0.0189. The van der Waals surface area contributed by atoms with Gasteiger partial charge in [0, 0.05) is 7.05 Å². The predicted molar refractivity (Wildman–Crippen MR) is 44.2 cm³/mol. The summed E-state index contributed by atoms with van der Waals surface area (Å²) in [6.45, 7) is 1.53. The summed E-state index contributed by atoms with van der Waals surface area (Å²) < 4.78 is 42.5. The Balaban J connectivity index is 3.15. The molecule has 0 saturated carbocycles. The maximum Gasteiger partial charge on any atom is 0.433 e. The molecule has 0 unspecified atom stereocenters. The molecule has 0 saturated heterocycles. The Morgan fingerprint density at radius 2 is 2.20 bits per heavy atom. The second-order valence-corrected chi connectivity index (χ2v) is 2.75. The molecule has 0 aliphatic heterocycles. The van der Waals surface area contributed by atoms with Crippen LogP contribution in [0.1, 0.15) is 23.0 Å². The van der Waals surface area contributed by atoms with Gasteiger partial charge in [-0.15, -0.1) is 0 Å². The number of hydrogen-bond donors (Lipinski definition) is 0. The zero-order valence-electron chi connectivity index (χ0n) is 8.13. The van der Waals surface area contributed by atoms with Crippen LogP contribution in [-0.4, -0.2) is 22.4 Å². The monoisotopic (exact) mass is 222 g/mol. The summed E-state index contributed by atoms with van der Waals surface area (Å²) in [4.78, 5) is 11.1. The molecule has 0 fully saturated rings. The largest absolute Gasteiger partial charge is 0.462 e. The predicted octanol–water partition coefficient (Wildman–Crippen LogP) is 1.62. The van der Waals surface area contributed by atoms with Crippen molar-refractivity contribution in [2.24, 2.45) is 7.05 Å². The lowest BCUT2D eigenvalue weighted by atomic mass is 10.2. The van der Waals surface area contributed by atoms with Gasteiger partial charge in [0.05, 0.1) is 12.8 Å². The molecule has 0 radical (unpaired) electrons. The minimum Gasteiger partial charge on any atom is -0.462 e. The first-order valence-corrected chi connectivity index (χ1v) is 4.14. The van der Waals surface area contributed by atoms with Crippen molar-refractivity contribution in [1.82, 2.24) is 9.78 Å². The molecule has 0 aromatic carbocycles. The van der Waals surface area contributed by atoms with Crippen LogP contribution in [0.4, 0.5) is 13.2 Å². The van der Waals surface area contributed by atoms with Gasteiger partial charge in [-0.2, -0.15) is 18.3 Å². The van der Waals surface area contributed by atoms with E-state index in [-0.39, 0.29) is 6.61 Å². The van der Waals surface area contributed by atoms with Gasteiger partial charge in [0.25, 0.3) is 0 Å². The number of rotatable bonds is 2.